The monoisotopic (exact) mass is 333 g/mol. The van der Waals surface area contributed by atoms with Gasteiger partial charge in [-0.1, -0.05) is 41.6 Å². The van der Waals surface area contributed by atoms with Crippen LogP contribution in [0.4, 0.5) is 0 Å². The smallest absolute Gasteiger partial charge is 0.248 e. The lowest BCUT2D eigenvalue weighted by Crippen LogP contribution is -2.08. The van der Waals surface area contributed by atoms with E-state index in [1.165, 1.54) is 5.56 Å². The Morgan fingerprint density at radius 3 is 2.68 bits per heavy atom. The van der Waals surface area contributed by atoms with Gasteiger partial charge in [-0.2, -0.15) is 4.98 Å². The zero-order valence-electron chi connectivity index (χ0n) is 13.4. The van der Waals surface area contributed by atoms with Crippen LogP contribution in [0.1, 0.15) is 17.3 Å². The molecule has 4 aromatic rings. The van der Waals surface area contributed by atoms with Gasteiger partial charge in [-0.3, -0.25) is 4.98 Å². The van der Waals surface area contributed by atoms with E-state index in [1.54, 1.807) is 10.9 Å². The molecule has 3 aromatic heterocycles. The summed E-state index contributed by atoms with van der Waals surface area (Å²) in [4.78, 5) is 8.57. The van der Waals surface area contributed by atoms with Gasteiger partial charge < -0.3 is 4.52 Å². The molecule has 8 heteroatoms. The first-order valence-electron chi connectivity index (χ1n) is 7.91. The molecule has 0 aliphatic heterocycles. The summed E-state index contributed by atoms with van der Waals surface area (Å²) in [7, 11) is 0. The Hall–Kier alpha value is -3.42. The van der Waals surface area contributed by atoms with Crippen LogP contribution in [0, 0.1) is 0 Å². The van der Waals surface area contributed by atoms with E-state index in [0.29, 0.717) is 24.0 Å². The average molecular weight is 333 g/mol. The first-order chi connectivity index (χ1) is 12.4. The van der Waals surface area contributed by atoms with Crippen LogP contribution in [0.25, 0.3) is 11.5 Å². The maximum atomic E-state index is 5.29. The minimum Gasteiger partial charge on any atom is -0.337 e. The van der Waals surface area contributed by atoms with E-state index >= 15 is 0 Å². The van der Waals surface area contributed by atoms with E-state index in [2.05, 4.69) is 42.8 Å². The molecule has 0 spiro atoms. The number of hydrogen-bond acceptors (Lipinski definition) is 7. The molecular formula is C17H15N7O. The van der Waals surface area contributed by atoms with E-state index in [-0.39, 0.29) is 0 Å². The topological polar surface area (TPSA) is 95.4 Å². The van der Waals surface area contributed by atoms with Crippen LogP contribution in [0.5, 0.6) is 0 Å². The number of nitrogens with zero attached hydrogens (tertiary/aromatic N) is 7. The second kappa shape index (κ2) is 7.00. The van der Waals surface area contributed by atoms with E-state index in [0.717, 1.165) is 18.7 Å². The van der Waals surface area contributed by atoms with Gasteiger partial charge >= 0.3 is 0 Å². The summed E-state index contributed by atoms with van der Waals surface area (Å²) in [5.74, 6) is 1.67. The molecule has 0 aliphatic carbocycles. The molecule has 0 N–H and O–H groups in total. The van der Waals surface area contributed by atoms with Crippen molar-refractivity contribution < 1.29 is 4.52 Å². The molecule has 124 valence electrons. The lowest BCUT2D eigenvalue weighted by atomic mass is 10.1. The normalized spacial score (nSPS) is 10.9. The number of aromatic nitrogens is 7. The fraction of sp³-hybridized carbons (Fsp3) is 0.176. The highest BCUT2D eigenvalue weighted by Crippen LogP contribution is 2.13. The van der Waals surface area contributed by atoms with Crippen molar-refractivity contribution in [3.63, 3.8) is 0 Å². The lowest BCUT2D eigenvalue weighted by molar-refractivity contribution is 0.362. The van der Waals surface area contributed by atoms with E-state index in [9.17, 15) is 0 Å². The van der Waals surface area contributed by atoms with Crippen molar-refractivity contribution in [1.82, 2.24) is 35.3 Å². The molecule has 0 amide bonds. The molecule has 25 heavy (non-hydrogen) atoms. The van der Waals surface area contributed by atoms with Crippen LogP contribution in [-0.4, -0.2) is 35.3 Å². The van der Waals surface area contributed by atoms with E-state index in [4.69, 9.17) is 4.52 Å². The predicted molar refractivity (Wildman–Crippen MR) is 88.3 cm³/mol. The second-order valence-corrected chi connectivity index (χ2v) is 5.47. The van der Waals surface area contributed by atoms with Crippen LogP contribution >= 0.6 is 0 Å². The molecule has 0 bridgehead atoms. The average Bonchev–Trinajstić information content (AvgIpc) is 3.32. The van der Waals surface area contributed by atoms with E-state index in [1.807, 2.05) is 36.4 Å². The summed E-state index contributed by atoms with van der Waals surface area (Å²) < 4.78 is 6.97. The number of hydrogen-bond donors (Lipinski definition) is 0. The molecular weight excluding hydrogens is 318 g/mol. The molecule has 8 nitrogen and oxygen atoms in total. The highest BCUT2D eigenvalue weighted by atomic mass is 16.5. The largest absolute Gasteiger partial charge is 0.337 e. The Bertz CT molecular complexity index is 934. The van der Waals surface area contributed by atoms with Gasteiger partial charge in [-0.05, 0) is 34.5 Å². The Kier molecular flexibility index (Phi) is 4.23. The van der Waals surface area contributed by atoms with Crippen molar-refractivity contribution in [2.45, 2.75) is 19.4 Å². The Morgan fingerprint density at radius 1 is 0.960 bits per heavy atom. The van der Waals surface area contributed by atoms with Gasteiger partial charge in [-0.15, -0.1) is 5.10 Å². The summed E-state index contributed by atoms with van der Waals surface area (Å²) in [6.07, 6.45) is 3.29. The Labute approximate surface area is 143 Å². The van der Waals surface area contributed by atoms with Gasteiger partial charge in [0, 0.05) is 12.6 Å². The van der Waals surface area contributed by atoms with Gasteiger partial charge in [0.1, 0.15) is 12.2 Å². The molecule has 0 atom stereocenters. The van der Waals surface area contributed by atoms with Crippen molar-refractivity contribution in [2.24, 2.45) is 0 Å². The fourth-order valence-electron chi connectivity index (χ4n) is 2.47. The number of tetrazole rings is 1. The summed E-state index contributed by atoms with van der Waals surface area (Å²) in [5, 5.41) is 15.8. The first-order valence-corrected chi connectivity index (χ1v) is 7.91. The quantitative estimate of drug-likeness (QED) is 0.532. The maximum absolute atomic E-state index is 5.29. The molecule has 0 fully saturated rings. The van der Waals surface area contributed by atoms with Gasteiger partial charge in [0.25, 0.3) is 0 Å². The second-order valence-electron chi connectivity index (χ2n) is 5.47. The molecule has 3 heterocycles. The van der Waals surface area contributed by atoms with Crippen LogP contribution in [0.2, 0.25) is 0 Å². The van der Waals surface area contributed by atoms with Crippen molar-refractivity contribution in [3.05, 3.63) is 72.0 Å². The molecule has 0 aliphatic rings. The summed E-state index contributed by atoms with van der Waals surface area (Å²) >= 11 is 0. The van der Waals surface area contributed by atoms with Crippen molar-refractivity contribution >= 4 is 0 Å². The van der Waals surface area contributed by atoms with Crippen molar-refractivity contribution in [2.75, 3.05) is 0 Å². The van der Waals surface area contributed by atoms with Crippen molar-refractivity contribution in [3.8, 4) is 11.5 Å². The number of benzene rings is 1. The Balaban J connectivity index is 1.45. The van der Waals surface area contributed by atoms with Crippen LogP contribution < -0.4 is 0 Å². The summed E-state index contributed by atoms with van der Waals surface area (Å²) in [6, 6.07) is 15.8. The molecule has 0 saturated carbocycles. The van der Waals surface area contributed by atoms with Crippen LogP contribution in [0.15, 0.2) is 59.3 Å². The number of rotatable bonds is 6. The molecule has 0 saturated heterocycles. The SMILES string of the molecule is c1ccc(CCc2nnnn2Cc2nc(-c3ccccn3)no2)cc1. The van der Waals surface area contributed by atoms with E-state index < -0.39 is 0 Å². The highest BCUT2D eigenvalue weighted by molar-refractivity contribution is 5.46. The van der Waals surface area contributed by atoms with Gasteiger partial charge in [-0.25, -0.2) is 4.68 Å². The van der Waals surface area contributed by atoms with Gasteiger partial charge in [0.2, 0.25) is 11.7 Å². The number of aryl methyl sites for hydroxylation is 2. The lowest BCUT2D eigenvalue weighted by Gasteiger charge is -2.02. The maximum Gasteiger partial charge on any atom is 0.248 e. The van der Waals surface area contributed by atoms with Crippen molar-refractivity contribution in [1.29, 1.82) is 0 Å². The number of pyridine rings is 1. The molecule has 0 unspecified atom stereocenters. The molecule has 4 rings (SSSR count). The fourth-order valence-corrected chi connectivity index (χ4v) is 2.47. The van der Waals surface area contributed by atoms with Crippen LogP contribution in [-0.2, 0) is 19.4 Å². The Morgan fingerprint density at radius 2 is 1.84 bits per heavy atom. The third-order valence-corrected chi connectivity index (χ3v) is 3.73. The molecule has 1 aromatic carbocycles. The van der Waals surface area contributed by atoms with Gasteiger partial charge in [0.15, 0.2) is 5.82 Å². The molecule has 0 radical (unpaired) electrons. The minimum absolute atomic E-state index is 0.330. The summed E-state index contributed by atoms with van der Waals surface area (Å²) in [6.45, 7) is 0.330. The minimum atomic E-state index is 0.330. The predicted octanol–water partition coefficient (Wildman–Crippen LogP) is 1.95. The summed E-state index contributed by atoms with van der Waals surface area (Å²) in [5.41, 5.74) is 1.91. The first kappa shape index (κ1) is 15.1. The third-order valence-electron chi connectivity index (χ3n) is 3.73. The van der Waals surface area contributed by atoms with Crippen LogP contribution in [0.3, 0.4) is 0 Å². The third kappa shape index (κ3) is 3.57. The van der Waals surface area contributed by atoms with Gasteiger partial charge in [0.05, 0.1) is 0 Å². The standard InChI is InChI=1S/C17H15N7O/c1-2-6-13(7-3-1)9-10-15-20-22-23-24(15)12-16-19-17(21-25-16)14-8-4-5-11-18-14/h1-8,11H,9-10,12H2. The zero-order valence-corrected chi connectivity index (χ0v) is 13.4. The highest BCUT2D eigenvalue weighted by Gasteiger charge is 2.13. The zero-order chi connectivity index (χ0) is 16.9.